The van der Waals surface area contributed by atoms with Gasteiger partial charge in [0.25, 0.3) is 0 Å². The number of amides is 2. The van der Waals surface area contributed by atoms with Gasteiger partial charge in [0.2, 0.25) is 11.8 Å². The van der Waals surface area contributed by atoms with Crippen LogP contribution in [0.2, 0.25) is 0 Å². The summed E-state index contributed by atoms with van der Waals surface area (Å²) in [5.41, 5.74) is 0. The minimum atomic E-state index is 0.188. The normalized spacial score (nSPS) is 11.4. The van der Waals surface area contributed by atoms with Gasteiger partial charge in [-0.1, -0.05) is 245 Å². The standard InChI is InChI=1S/C50H102N4O2/c1-3-5-7-9-11-13-15-17-19-21-23-25-27-29-31-33-35-37-39-41-49(55)53-47-45-51-43-44-52-46-48-54-50(56)42-40-38-36-34-32-30-28-26-24-22-20-18-16-14-12-10-8-6-4-2/h51-52H,3-48H2,1-2H3,(H,53,55)(H,54,56). The summed E-state index contributed by atoms with van der Waals surface area (Å²) in [6.07, 6.45) is 53.6. The van der Waals surface area contributed by atoms with Gasteiger partial charge < -0.3 is 21.3 Å². The zero-order valence-corrected chi connectivity index (χ0v) is 38.3. The lowest BCUT2D eigenvalue weighted by atomic mass is 10.0. The van der Waals surface area contributed by atoms with Crippen LogP contribution in [0.1, 0.15) is 271 Å². The Labute approximate surface area is 351 Å². The summed E-state index contributed by atoms with van der Waals surface area (Å²) in [5.74, 6) is 0.376. The van der Waals surface area contributed by atoms with E-state index in [9.17, 15) is 9.59 Å². The van der Waals surface area contributed by atoms with Crippen LogP contribution in [-0.4, -0.2) is 51.1 Å². The number of unbranched alkanes of at least 4 members (excludes halogenated alkanes) is 36. The highest BCUT2D eigenvalue weighted by Gasteiger charge is 2.03. The SMILES string of the molecule is CCCCCCCCCCCCCCCCCCCCCC(=O)NCCNCCNCCNC(=O)CCCCCCCCCCCCCCCCCCCCC. The molecule has 0 heterocycles. The molecule has 0 unspecified atom stereocenters. The third kappa shape index (κ3) is 49.0. The predicted octanol–water partition coefficient (Wildman–Crippen LogP) is 14.0. The summed E-state index contributed by atoms with van der Waals surface area (Å²) >= 11 is 0. The highest BCUT2D eigenvalue weighted by Crippen LogP contribution is 2.16. The zero-order chi connectivity index (χ0) is 40.5. The molecule has 0 fully saturated rings. The van der Waals surface area contributed by atoms with Crippen molar-refractivity contribution in [2.24, 2.45) is 0 Å². The van der Waals surface area contributed by atoms with E-state index in [1.807, 2.05) is 0 Å². The number of carbonyl (C=O) groups excluding carboxylic acids is 2. The van der Waals surface area contributed by atoms with Gasteiger partial charge in [0.05, 0.1) is 0 Å². The molecule has 0 aromatic carbocycles. The van der Waals surface area contributed by atoms with Crippen molar-refractivity contribution in [1.82, 2.24) is 21.3 Å². The molecule has 6 heteroatoms. The van der Waals surface area contributed by atoms with Crippen molar-refractivity contribution >= 4 is 11.8 Å². The van der Waals surface area contributed by atoms with Crippen molar-refractivity contribution in [3.05, 3.63) is 0 Å². The second kappa shape index (κ2) is 50.0. The van der Waals surface area contributed by atoms with Crippen LogP contribution >= 0.6 is 0 Å². The molecule has 0 saturated carbocycles. The van der Waals surface area contributed by atoms with Gasteiger partial charge >= 0.3 is 0 Å². The second-order valence-corrected chi connectivity index (χ2v) is 17.4. The molecule has 0 spiro atoms. The van der Waals surface area contributed by atoms with Gasteiger partial charge in [0.1, 0.15) is 0 Å². The third-order valence-corrected chi connectivity index (χ3v) is 11.7. The largest absolute Gasteiger partial charge is 0.355 e. The average molecular weight is 791 g/mol. The van der Waals surface area contributed by atoms with Crippen molar-refractivity contribution in [1.29, 1.82) is 0 Å². The summed E-state index contributed by atoms with van der Waals surface area (Å²) in [6, 6.07) is 0. The Bertz CT molecular complexity index is 701. The van der Waals surface area contributed by atoms with Crippen LogP contribution in [0.3, 0.4) is 0 Å². The highest BCUT2D eigenvalue weighted by molar-refractivity contribution is 5.76. The highest BCUT2D eigenvalue weighted by atomic mass is 16.2. The van der Waals surface area contributed by atoms with Gasteiger partial charge in [0.15, 0.2) is 0 Å². The van der Waals surface area contributed by atoms with E-state index in [2.05, 4.69) is 35.1 Å². The van der Waals surface area contributed by atoms with E-state index in [-0.39, 0.29) is 11.8 Å². The Morgan fingerprint density at radius 2 is 0.429 bits per heavy atom. The third-order valence-electron chi connectivity index (χ3n) is 11.7. The monoisotopic (exact) mass is 791 g/mol. The Hall–Kier alpha value is -1.14. The maximum atomic E-state index is 12.1. The summed E-state index contributed by atoms with van der Waals surface area (Å²) in [7, 11) is 0. The van der Waals surface area contributed by atoms with Crippen LogP contribution in [0.25, 0.3) is 0 Å². The Morgan fingerprint density at radius 1 is 0.250 bits per heavy atom. The molecule has 0 saturated heterocycles. The Kier molecular flexibility index (Phi) is 49.0. The lowest BCUT2D eigenvalue weighted by Gasteiger charge is -2.09. The van der Waals surface area contributed by atoms with Crippen LogP contribution in [0.15, 0.2) is 0 Å². The maximum absolute atomic E-state index is 12.1. The Morgan fingerprint density at radius 3 is 0.643 bits per heavy atom. The first-order chi connectivity index (χ1) is 27.7. The molecule has 6 nitrogen and oxygen atoms in total. The van der Waals surface area contributed by atoms with Crippen LogP contribution in [-0.2, 0) is 9.59 Å². The summed E-state index contributed by atoms with van der Waals surface area (Å²) < 4.78 is 0. The average Bonchev–Trinajstić information content (AvgIpc) is 3.20. The Balaban J connectivity index is 3.22. The number of hydrogen-bond donors (Lipinski definition) is 4. The van der Waals surface area contributed by atoms with Crippen molar-refractivity contribution in [3.63, 3.8) is 0 Å². The van der Waals surface area contributed by atoms with Gasteiger partial charge in [-0.05, 0) is 12.8 Å². The molecular formula is C50H102N4O2. The van der Waals surface area contributed by atoms with E-state index < -0.39 is 0 Å². The fourth-order valence-corrected chi connectivity index (χ4v) is 7.91. The molecule has 0 aromatic heterocycles. The first kappa shape index (κ1) is 54.9. The molecule has 0 aromatic rings. The van der Waals surface area contributed by atoms with Gasteiger partial charge in [-0.25, -0.2) is 0 Å². The fraction of sp³-hybridized carbons (Fsp3) is 0.960. The molecule has 0 aliphatic carbocycles. The quantitative estimate of drug-likeness (QED) is 0.0463. The first-order valence-electron chi connectivity index (χ1n) is 25.7. The van der Waals surface area contributed by atoms with Crippen molar-refractivity contribution in [2.75, 3.05) is 39.3 Å². The van der Waals surface area contributed by atoms with Gasteiger partial charge in [0, 0.05) is 52.1 Å². The molecule has 0 atom stereocenters. The number of rotatable bonds is 49. The molecule has 0 bridgehead atoms. The van der Waals surface area contributed by atoms with Crippen LogP contribution in [0.5, 0.6) is 0 Å². The van der Waals surface area contributed by atoms with E-state index in [1.54, 1.807) is 0 Å². The summed E-state index contributed by atoms with van der Waals surface area (Å²) in [5, 5.41) is 12.9. The summed E-state index contributed by atoms with van der Waals surface area (Å²) in [6.45, 7) is 9.28. The van der Waals surface area contributed by atoms with E-state index in [0.29, 0.717) is 25.9 Å². The number of carbonyl (C=O) groups is 2. The molecule has 0 radical (unpaired) electrons. The van der Waals surface area contributed by atoms with Crippen molar-refractivity contribution in [2.45, 2.75) is 271 Å². The lowest BCUT2D eigenvalue weighted by Crippen LogP contribution is -2.37. The minimum Gasteiger partial charge on any atom is -0.355 e. The topological polar surface area (TPSA) is 82.3 Å². The van der Waals surface area contributed by atoms with Gasteiger partial charge in [-0.2, -0.15) is 0 Å². The predicted molar refractivity (Wildman–Crippen MR) is 248 cm³/mol. The molecule has 0 rings (SSSR count). The molecule has 56 heavy (non-hydrogen) atoms. The second-order valence-electron chi connectivity index (χ2n) is 17.4. The summed E-state index contributed by atoms with van der Waals surface area (Å²) in [4.78, 5) is 24.2. The molecular weight excluding hydrogens is 689 g/mol. The molecule has 0 aliphatic rings. The molecule has 0 aliphatic heterocycles. The van der Waals surface area contributed by atoms with Crippen LogP contribution in [0.4, 0.5) is 0 Å². The maximum Gasteiger partial charge on any atom is 0.220 e. The van der Waals surface area contributed by atoms with Crippen LogP contribution in [0, 0.1) is 0 Å². The lowest BCUT2D eigenvalue weighted by molar-refractivity contribution is -0.122. The fourth-order valence-electron chi connectivity index (χ4n) is 7.91. The molecule has 334 valence electrons. The molecule has 2 amide bonds. The minimum absolute atomic E-state index is 0.188. The van der Waals surface area contributed by atoms with E-state index in [0.717, 1.165) is 39.0 Å². The van der Waals surface area contributed by atoms with E-state index >= 15 is 0 Å². The smallest absolute Gasteiger partial charge is 0.220 e. The molecule has 4 N–H and O–H groups in total. The number of hydrogen-bond acceptors (Lipinski definition) is 4. The van der Waals surface area contributed by atoms with Gasteiger partial charge in [-0.3, -0.25) is 9.59 Å². The van der Waals surface area contributed by atoms with E-state index in [4.69, 9.17) is 0 Å². The van der Waals surface area contributed by atoms with Gasteiger partial charge in [-0.15, -0.1) is 0 Å². The number of nitrogens with one attached hydrogen (secondary N) is 4. The first-order valence-corrected chi connectivity index (χ1v) is 25.7. The van der Waals surface area contributed by atoms with E-state index in [1.165, 1.54) is 231 Å². The van der Waals surface area contributed by atoms with Crippen molar-refractivity contribution in [3.8, 4) is 0 Å². The zero-order valence-electron chi connectivity index (χ0n) is 38.3. The van der Waals surface area contributed by atoms with Crippen molar-refractivity contribution < 1.29 is 9.59 Å². The van der Waals surface area contributed by atoms with Crippen LogP contribution < -0.4 is 21.3 Å².